The van der Waals surface area contributed by atoms with Crippen LogP contribution in [0.3, 0.4) is 0 Å². The lowest BCUT2D eigenvalue weighted by Crippen LogP contribution is -2.16. The van der Waals surface area contributed by atoms with Crippen LogP contribution in [0, 0.1) is 0 Å². The van der Waals surface area contributed by atoms with Gasteiger partial charge in [-0.25, -0.2) is 0 Å². The lowest BCUT2D eigenvalue weighted by molar-refractivity contribution is -0.113. The molecule has 8 nitrogen and oxygen atoms in total. The number of thioether (sulfide) groups is 1. The van der Waals surface area contributed by atoms with Crippen LogP contribution in [0.15, 0.2) is 78.0 Å². The van der Waals surface area contributed by atoms with Crippen molar-refractivity contribution in [1.29, 1.82) is 0 Å². The molecule has 38 heavy (non-hydrogen) atoms. The van der Waals surface area contributed by atoms with Gasteiger partial charge in [-0.2, -0.15) is 0 Å². The Balaban J connectivity index is 1.52. The normalized spacial score (nSPS) is 11.7. The number of amides is 1. The highest BCUT2D eigenvalue weighted by molar-refractivity contribution is 7.99. The van der Waals surface area contributed by atoms with E-state index >= 15 is 0 Å². The van der Waals surface area contributed by atoms with Crippen LogP contribution in [0.25, 0.3) is 5.69 Å². The predicted octanol–water partition coefficient (Wildman–Crippen LogP) is 6.28. The van der Waals surface area contributed by atoms with Crippen molar-refractivity contribution in [2.24, 2.45) is 0 Å². The Bertz CT molecular complexity index is 1360. The number of methoxy groups -OCH3 is 2. The van der Waals surface area contributed by atoms with Crippen molar-refractivity contribution in [2.75, 3.05) is 25.3 Å². The Morgan fingerprint density at radius 3 is 2.29 bits per heavy atom. The summed E-state index contributed by atoms with van der Waals surface area (Å²) in [6.45, 7) is 6.26. The summed E-state index contributed by atoms with van der Waals surface area (Å²) >= 11 is 1.29. The molecule has 3 aromatic carbocycles. The molecule has 1 amide bonds. The molecule has 0 aliphatic heterocycles. The Morgan fingerprint density at radius 2 is 1.63 bits per heavy atom. The fourth-order valence-corrected chi connectivity index (χ4v) is 4.63. The molecule has 0 fully saturated rings. The number of anilines is 1. The molecule has 0 saturated carbocycles. The first-order valence-corrected chi connectivity index (χ1v) is 13.3. The summed E-state index contributed by atoms with van der Waals surface area (Å²) in [6, 6.07) is 23.1. The van der Waals surface area contributed by atoms with Crippen LogP contribution in [-0.2, 0) is 4.79 Å². The number of aromatic nitrogens is 3. The van der Waals surface area contributed by atoms with Crippen molar-refractivity contribution >= 4 is 23.4 Å². The highest BCUT2D eigenvalue weighted by Crippen LogP contribution is 2.31. The first-order valence-electron chi connectivity index (χ1n) is 12.3. The SMILES string of the molecule is COc1ccc(OC)c(NC(=O)CSc2nnc(C(C)Oc3ccc(C(C)C)cc3)n2-c2ccccc2)c1. The van der Waals surface area contributed by atoms with E-state index in [2.05, 4.69) is 41.5 Å². The molecule has 4 aromatic rings. The van der Waals surface area contributed by atoms with Gasteiger partial charge in [-0.15, -0.1) is 10.2 Å². The van der Waals surface area contributed by atoms with E-state index in [0.29, 0.717) is 34.1 Å². The first kappa shape index (κ1) is 27.1. The van der Waals surface area contributed by atoms with E-state index in [9.17, 15) is 4.79 Å². The number of benzene rings is 3. The van der Waals surface area contributed by atoms with Crippen molar-refractivity contribution in [2.45, 2.75) is 37.9 Å². The first-order chi connectivity index (χ1) is 18.4. The van der Waals surface area contributed by atoms with Gasteiger partial charge in [0.15, 0.2) is 17.1 Å². The van der Waals surface area contributed by atoms with Crippen LogP contribution < -0.4 is 19.5 Å². The summed E-state index contributed by atoms with van der Waals surface area (Å²) in [5, 5.41) is 12.3. The van der Waals surface area contributed by atoms with Gasteiger partial charge in [-0.3, -0.25) is 9.36 Å². The number of nitrogens with one attached hydrogen (secondary N) is 1. The van der Waals surface area contributed by atoms with E-state index in [1.54, 1.807) is 32.4 Å². The molecule has 0 bridgehead atoms. The zero-order chi connectivity index (χ0) is 27.1. The van der Waals surface area contributed by atoms with E-state index in [1.807, 2.05) is 54.0 Å². The Labute approximate surface area is 227 Å². The zero-order valence-electron chi connectivity index (χ0n) is 22.2. The Morgan fingerprint density at radius 1 is 0.921 bits per heavy atom. The van der Waals surface area contributed by atoms with Crippen molar-refractivity contribution in [1.82, 2.24) is 14.8 Å². The molecule has 0 aliphatic carbocycles. The van der Waals surface area contributed by atoms with Crippen LogP contribution in [0.5, 0.6) is 17.2 Å². The molecular formula is C29H32N4O4S. The number of hydrogen-bond acceptors (Lipinski definition) is 7. The minimum absolute atomic E-state index is 0.122. The number of nitrogens with zero attached hydrogens (tertiary/aromatic N) is 3. The Kier molecular flexibility index (Phi) is 8.91. The molecule has 4 rings (SSSR count). The fraction of sp³-hybridized carbons (Fsp3) is 0.276. The average molecular weight is 533 g/mol. The summed E-state index contributed by atoms with van der Waals surface area (Å²) in [7, 11) is 3.13. The third-order valence-electron chi connectivity index (χ3n) is 5.91. The molecule has 1 unspecified atom stereocenters. The van der Waals surface area contributed by atoms with Gasteiger partial charge in [0.05, 0.1) is 25.7 Å². The highest BCUT2D eigenvalue weighted by Gasteiger charge is 2.22. The van der Waals surface area contributed by atoms with Gasteiger partial charge in [0, 0.05) is 11.8 Å². The molecule has 0 aliphatic rings. The summed E-state index contributed by atoms with van der Waals surface area (Å²) in [5.41, 5.74) is 2.67. The standard InChI is InChI=1S/C29H32N4O4S/c1-19(2)21-11-13-23(14-12-21)37-20(3)28-31-32-29(33(28)22-9-7-6-8-10-22)38-18-27(34)30-25-17-24(35-4)15-16-26(25)36-5/h6-17,19-20H,18H2,1-5H3,(H,30,34). The van der Waals surface area contributed by atoms with Crippen LogP contribution in [0.1, 0.15) is 44.2 Å². The molecule has 1 aromatic heterocycles. The summed E-state index contributed by atoms with van der Waals surface area (Å²) < 4.78 is 18.8. The summed E-state index contributed by atoms with van der Waals surface area (Å²) in [5.74, 6) is 2.93. The monoisotopic (exact) mass is 532 g/mol. The van der Waals surface area contributed by atoms with E-state index in [0.717, 1.165) is 11.4 Å². The lowest BCUT2D eigenvalue weighted by Gasteiger charge is -2.17. The van der Waals surface area contributed by atoms with E-state index in [4.69, 9.17) is 14.2 Å². The second-order valence-electron chi connectivity index (χ2n) is 8.90. The van der Waals surface area contributed by atoms with Gasteiger partial charge in [0.2, 0.25) is 5.91 Å². The third kappa shape index (κ3) is 6.47. The molecular weight excluding hydrogens is 500 g/mol. The predicted molar refractivity (Wildman–Crippen MR) is 150 cm³/mol. The van der Waals surface area contributed by atoms with Gasteiger partial charge in [-0.05, 0) is 54.8 Å². The third-order valence-corrected chi connectivity index (χ3v) is 6.84. The van der Waals surface area contributed by atoms with Crippen LogP contribution >= 0.6 is 11.8 Å². The van der Waals surface area contributed by atoms with Crippen molar-refractivity contribution < 1.29 is 19.0 Å². The summed E-state index contributed by atoms with van der Waals surface area (Å²) in [4.78, 5) is 12.8. The van der Waals surface area contributed by atoms with Crippen LogP contribution in [0.2, 0.25) is 0 Å². The Hall–Kier alpha value is -3.98. The second kappa shape index (κ2) is 12.5. The largest absolute Gasteiger partial charge is 0.497 e. The van der Waals surface area contributed by atoms with E-state index < -0.39 is 0 Å². The number of ether oxygens (including phenoxy) is 3. The minimum atomic E-state index is -0.378. The van der Waals surface area contributed by atoms with Gasteiger partial charge in [0.1, 0.15) is 17.2 Å². The number of rotatable bonds is 11. The van der Waals surface area contributed by atoms with E-state index in [1.165, 1.54) is 17.3 Å². The van der Waals surface area contributed by atoms with E-state index in [-0.39, 0.29) is 17.8 Å². The zero-order valence-corrected chi connectivity index (χ0v) is 23.0. The van der Waals surface area contributed by atoms with Gasteiger partial charge in [0.25, 0.3) is 0 Å². The topological polar surface area (TPSA) is 87.5 Å². The van der Waals surface area contributed by atoms with Crippen molar-refractivity contribution in [3.63, 3.8) is 0 Å². The molecule has 0 spiro atoms. The minimum Gasteiger partial charge on any atom is -0.497 e. The van der Waals surface area contributed by atoms with Gasteiger partial charge >= 0.3 is 0 Å². The molecule has 1 heterocycles. The maximum Gasteiger partial charge on any atom is 0.234 e. The molecule has 1 N–H and O–H groups in total. The highest BCUT2D eigenvalue weighted by atomic mass is 32.2. The second-order valence-corrected chi connectivity index (χ2v) is 9.84. The van der Waals surface area contributed by atoms with Gasteiger partial charge in [-0.1, -0.05) is 55.9 Å². The molecule has 0 radical (unpaired) electrons. The van der Waals surface area contributed by atoms with Gasteiger partial charge < -0.3 is 19.5 Å². The number of carbonyl (C=O) groups is 1. The maximum absolute atomic E-state index is 12.8. The van der Waals surface area contributed by atoms with Crippen molar-refractivity contribution in [3.8, 4) is 22.9 Å². The fourth-order valence-electron chi connectivity index (χ4n) is 3.87. The lowest BCUT2D eigenvalue weighted by atomic mass is 10.0. The van der Waals surface area contributed by atoms with Crippen molar-refractivity contribution in [3.05, 3.63) is 84.2 Å². The summed E-state index contributed by atoms with van der Waals surface area (Å²) in [6.07, 6.45) is -0.378. The smallest absolute Gasteiger partial charge is 0.234 e. The van der Waals surface area contributed by atoms with Crippen LogP contribution in [0.4, 0.5) is 5.69 Å². The number of carbonyl (C=O) groups excluding carboxylic acids is 1. The molecule has 198 valence electrons. The van der Waals surface area contributed by atoms with Crippen LogP contribution in [-0.4, -0.2) is 40.6 Å². The molecule has 0 saturated heterocycles. The maximum atomic E-state index is 12.8. The average Bonchev–Trinajstić information content (AvgIpc) is 3.37. The molecule has 1 atom stereocenters. The number of hydrogen-bond donors (Lipinski definition) is 1. The molecule has 9 heteroatoms. The quantitative estimate of drug-likeness (QED) is 0.228. The number of para-hydroxylation sites is 1.